The van der Waals surface area contributed by atoms with E-state index in [1.54, 1.807) is 0 Å². The fourth-order valence-electron chi connectivity index (χ4n) is 2.45. The second-order valence-electron chi connectivity index (χ2n) is 5.41. The van der Waals surface area contributed by atoms with Gasteiger partial charge in [-0.3, -0.25) is 0 Å². The van der Waals surface area contributed by atoms with Gasteiger partial charge in [-0.15, -0.1) is 0 Å². The van der Waals surface area contributed by atoms with E-state index in [2.05, 4.69) is 64.3 Å². The van der Waals surface area contributed by atoms with E-state index in [1.165, 1.54) is 63.3 Å². The molecule has 2 fully saturated rings. The molecule has 10 radical (unpaired) electrons. The molecule has 0 N–H and O–H groups in total. The van der Waals surface area contributed by atoms with Gasteiger partial charge in [0.05, 0.1) is 0 Å². The first-order chi connectivity index (χ1) is 9.58. The SMILES string of the molecule is C[C]1[CH][P][C](c2ccc([C]3[P][CH][C](C)[C]3C)cc2)[C]1C. The van der Waals surface area contributed by atoms with Gasteiger partial charge in [-0.05, 0) is 47.1 Å². The summed E-state index contributed by atoms with van der Waals surface area (Å²) in [5, 5.41) is 0. The van der Waals surface area contributed by atoms with Crippen LogP contribution < -0.4 is 0 Å². The molecule has 0 saturated carbocycles. The van der Waals surface area contributed by atoms with Crippen molar-refractivity contribution in [2.24, 2.45) is 0 Å². The minimum absolute atomic E-state index is 1.34. The summed E-state index contributed by atoms with van der Waals surface area (Å²) in [6, 6.07) is 9.10. The lowest BCUT2D eigenvalue weighted by Crippen LogP contribution is -2.05. The molecule has 2 saturated heterocycles. The molecule has 2 heteroatoms. The topological polar surface area (TPSA) is 0 Å². The van der Waals surface area contributed by atoms with Gasteiger partial charge in [0.2, 0.25) is 0 Å². The third-order valence-corrected chi connectivity index (χ3v) is 6.84. The first-order valence-corrected chi connectivity index (χ1v) is 8.79. The third kappa shape index (κ3) is 2.71. The Morgan fingerprint density at radius 2 is 0.950 bits per heavy atom. The summed E-state index contributed by atoms with van der Waals surface area (Å²) >= 11 is 0. The molecule has 1 aromatic rings. The zero-order valence-corrected chi connectivity index (χ0v) is 14.1. The molecule has 2 aliphatic heterocycles. The van der Waals surface area contributed by atoms with Crippen molar-refractivity contribution < 1.29 is 0 Å². The Hall–Kier alpha value is 0.0800. The van der Waals surface area contributed by atoms with Crippen LogP contribution in [0.1, 0.15) is 38.8 Å². The van der Waals surface area contributed by atoms with Crippen LogP contribution in [-0.4, -0.2) is 0 Å². The van der Waals surface area contributed by atoms with E-state index in [0.29, 0.717) is 0 Å². The maximum absolute atomic E-state index is 2.30. The van der Waals surface area contributed by atoms with E-state index in [4.69, 9.17) is 0 Å². The van der Waals surface area contributed by atoms with Gasteiger partial charge in [0, 0.05) is 11.3 Å². The van der Waals surface area contributed by atoms with Gasteiger partial charge in [0.25, 0.3) is 0 Å². The van der Waals surface area contributed by atoms with Crippen LogP contribution in [0.15, 0.2) is 24.3 Å². The highest BCUT2D eigenvalue weighted by atomic mass is 31.1. The summed E-state index contributed by atoms with van der Waals surface area (Å²) in [6.07, 6.45) is 4.60. The number of rotatable bonds is 2. The maximum atomic E-state index is 2.30. The van der Waals surface area contributed by atoms with Gasteiger partial charge in [-0.1, -0.05) is 69.1 Å². The van der Waals surface area contributed by atoms with E-state index < -0.39 is 0 Å². The number of benzene rings is 1. The minimum Gasteiger partial charge on any atom is -0.0625 e. The Bertz CT molecular complexity index is 410. The first kappa shape index (κ1) is 15.0. The molecule has 0 spiro atoms. The highest BCUT2D eigenvalue weighted by molar-refractivity contribution is 7.46. The van der Waals surface area contributed by atoms with Crippen molar-refractivity contribution in [1.82, 2.24) is 0 Å². The van der Waals surface area contributed by atoms with Crippen LogP contribution in [-0.2, 0) is 0 Å². The van der Waals surface area contributed by atoms with Crippen molar-refractivity contribution in [3.63, 3.8) is 0 Å². The average Bonchev–Trinajstić information content (AvgIpc) is 2.96. The molecule has 3 rings (SSSR count). The minimum atomic E-state index is 1.34. The fourth-order valence-corrected chi connectivity index (χ4v) is 4.82. The van der Waals surface area contributed by atoms with Gasteiger partial charge in [-0.2, -0.15) is 0 Å². The van der Waals surface area contributed by atoms with Gasteiger partial charge < -0.3 is 0 Å². The molecule has 1 aromatic carbocycles. The normalized spacial score (nSPS) is 27.4. The quantitative estimate of drug-likeness (QED) is 0.581. The Morgan fingerprint density at radius 1 is 0.600 bits per heavy atom. The van der Waals surface area contributed by atoms with Crippen LogP contribution in [0.25, 0.3) is 0 Å². The third-order valence-electron chi connectivity index (χ3n) is 4.10. The Morgan fingerprint density at radius 3 is 1.20 bits per heavy atom. The van der Waals surface area contributed by atoms with Crippen LogP contribution in [0.5, 0.6) is 0 Å². The van der Waals surface area contributed by atoms with E-state index in [1.807, 2.05) is 0 Å². The van der Waals surface area contributed by atoms with Crippen LogP contribution in [0.4, 0.5) is 0 Å². The lowest BCUT2D eigenvalue weighted by atomic mass is 9.88. The number of hydrogen-bond donors (Lipinski definition) is 0. The van der Waals surface area contributed by atoms with E-state index >= 15 is 0 Å². The molecule has 20 heavy (non-hydrogen) atoms. The first-order valence-electron chi connectivity index (χ1n) is 6.86. The standard InChI is InChI=1S/C18H18P2/c1-11-9-19-17(13(11)3)15-5-7-16(8-6-15)18-14(4)12(2)10-20-18/h5-10H,1-4H3. The summed E-state index contributed by atoms with van der Waals surface area (Å²) in [7, 11) is 2.67. The van der Waals surface area contributed by atoms with Crippen molar-refractivity contribution >= 4 is 17.2 Å². The molecule has 2 aliphatic rings. The Balaban J connectivity index is 1.75. The van der Waals surface area contributed by atoms with Gasteiger partial charge in [0.1, 0.15) is 0 Å². The highest BCUT2D eigenvalue weighted by Crippen LogP contribution is 2.58. The zero-order chi connectivity index (χ0) is 14.3. The second-order valence-corrected chi connectivity index (χ2v) is 7.33. The average molecular weight is 296 g/mol. The predicted molar refractivity (Wildman–Crippen MR) is 89.2 cm³/mol. The lowest BCUT2D eigenvalue weighted by molar-refractivity contribution is 1.02. The summed E-state index contributed by atoms with van der Waals surface area (Å²) < 4.78 is 0. The van der Waals surface area contributed by atoms with E-state index in [9.17, 15) is 0 Å². The Labute approximate surface area is 128 Å². The maximum Gasteiger partial charge on any atom is 0.0406 e. The van der Waals surface area contributed by atoms with Gasteiger partial charge in [-0.25, -0.2) is 0 Å². The Kier molecular flexibility index (Phi) is 4.54. The molecule has 0 unspecified atom stereocenters. The van der Waals surface area contributed by atoms with Crippen molar-refractivity contribution in [2.45, 2.75) is 27.7 Å². The van der Waals surface area contributed by atoms with Crippen LogP contribution in [0.2, 0.25) is 0 Å². The molecule has 0 bridgehead atoms. The summed E-state index contributed by atoms with van der Waals surface area (Å²) in [4.78, 5) is 0. The van der Waals surface area contributed by atoms with Crippen LogP contribution in [0.3, 0.4) is 0 Å². The molecular weight excluding hydrogens is 278 g/mol. The van der Waals surface area contributed by atoms with Gasteiger partial charge in [0.15, 0.2) is 0 Å². The second kappa shape index (κ2) is 6.06. The van der Waals surface area contributed by atoms with E-state index in [-0.39, 0.29) is 0 Å². The molecule has 2 heterocycles. The highest BCUT2D eigenvalue weighted by Gasteiger charge is 2.35. The summed E-state index contributed by atoms with van der Waals surface area (Å²) in [5.41, 5.74) is 5.63. The molecule has 100 valence electrons. The monoisotopic (exact) mass is 296 g/mol. The zero-order valence-electron chi connectivity index (χ0n) is 12.4. The predicted octanol–water partition coefficient (Wildman–Crippen LogP) is 6.07. The van der Waals surface area contributed by atoms with Crippen molar-refractivity contribution in [1.29, 1.82) is 0 Å². The van der Waals surface area contributed by atoms with Crippen LogP contribution >= 0.6 is 17.2 Å². The van der Waals surface area contributed by atoms with Crippen molar-refractivity contribution in [3.8, 4) is 0 Å². The number of hydrogen-bond acceptors (Lipinski definition) is 0. The van der Waals surface area contributed by atoms with Gasteiger partial charge >= 0.3 is 0 Å². The molecule has 0 amide bonds. The largest absolute Gasteiger partial charge is 0.0625 e. The molecule has 0 nitrogen and oxygen atoms in total. The smallest absolute Gasteiger partial charge is 0.0406 e. The van der Waals surface area contributed by atoms with Crippen molar-refractivity contribution in [2.75, 3.05) is 0 Å². The molecule has 0 aromatic heterocycles. The summed E-state index contributed by atoms with van der Waals surface area (Å²) in [5.74, 6) is 5.70. The van der Waals surface area contributed by atoms with Crippen molar-refractivity contribution in [3.05, 3.63) is 82.7 Å². The fraction of sp³-hybridized carbons (Fsp3) is 0.222. The van der Waals surface area contributed by atoms with E-state index in [0.717, 1.165) is 0 Å². The molecular formula is C18H18P2. The lowest BCUT2D eigenvalue weighted by Gasteiger charge is -2.19. The molecule has 0 atom stereocenters. The molecule has 0 aliphatic carbocycles. The van der Waals surface area contributed by atoms with Crippen LogP contribution in [0, 0.1) is 47.3 Å². The summed E-state index contributed by atoms with van der Waals surface area (Å²) in [6.45, 7) is 8.85.